The van der Waals surface area contributed by atoms with Gasteiger partial charge in [0.05, 0.1) is 23.4 Å². The van der Waals surface area contributed by atoms with E-state index in [0.29, 0.717) is 29.9 Å². The molecule has 0 unspecified atom stereocenters. The molecule has 0 aliphatic carbocycles. The quantitative estimate of drug-likeness (QED) is 0.638. The molecule has 0 aliphatic heterocycles. The monoisotopic (exact) mass is 339 g/mol. The maximum absolute atomic E-state index is 13.1. The molecule has 0 atom stereocenters. The highest BCUT2D eigenvalue weighted by atomic mass is 79.9. The molecule has 3 nitrogen and oxygen atoms in total. The summed E-state index contributed by atoms with van der Waals surface area (Å²) in [5.41, 5.74) is 5.98. The molecule has 0 radical (unpaired) electrons. The summed E-state index contributed by atoms with van der Waals surface area (Å²) in [5.74, 6) is 0.898. The lowest BCUT2D eigenvalue weighted by Crippen LogP contribution is -2.06. The first-order valence-electron chi connectivity index (χ1n) is 6.22. The van der Waals surface area contributed by atoms with E-state index in [9.17, 15) is 4.39 Å². The van der Waals surface area contributed by atoms with E-state index in [1.807, 2.05) is 30.3 Å². The van der Waals surface area contributed by atoms with Gasteiger partial charge in [0.25, 0.3) is 0 Å². The number of para-hydroxylation sites is 1. The third-order valence-electron chi connectivity index (χ3n) is 2.58. The molecular formula is C15H15BrFNO2. The summed E-state index contributed by atoms with van der Waals surface area (Å²) in [5, 5.41) is 0. The number of halogens is 2. The molecule has 0 bridgehead atoms. The number of hydrogen-bond donors (Lipinski definition) is 1. The van der Waals surface area contributed by atoms with Crippen molar-refractivity contribution in [2.75, 3.05) is 18.9 Å². The molecule has 0 heterocycles. The number of hydrogen-bond acceptors (Lipinski definition) is 3. The van der Waals surface area contributed by atoms with E-state index < -0.39 is 5.82 Å². The van der Waals surface area contributed by atoms with Crippen LogP contribution in [0.5, 0.6) is 11.5 Å². The Labute approximate surface area is 125 Å². The Bertz CT molecular complexity index is 540. The Kier molecular flexibility index (Phi) is 5.24. The van der Waals surface area contributed by atoms with Gasteiger partial charge in [0, 0.05) is 12.5 Å². The SMILES string of the molecule is Nc1cc(F)cc(Br)c1OCCCOc1ccccc1. The van der Waals surface area contributed by atoms with E-state index in [4.69, 9.17) is 15.2 Å². The van der Waals surface area contributed by atoms with Crippen LogP contribution in [0.1, 0.15) is 6.42 Å². The van der Waals surface area contributed by atoms with Gasteiger partial charge in [-0.15, -0.1) is 0 Å². The van der Waals surface area contributed by atoms with Crippen LogP contribution in [0.3, 0.4) is 0 Å². The van der Waals surface area contributed by atoms with Crippen molar-refractivity contribution in [2.24, 2.45) is 0 Å². The largest absolute Gasteiger partial charge is 0.493 e. The van der Waals surface area contributed by atoms with Crippen molar-refractivity contribution in [3.8, 4) is 11.5 Å². The Morgan fingerprint density at radius 2 is 1.75 bits per heavy atom. The van der Waals surface area contributed by atoms with Gasteiger partial charge in [-0.25, -0.2) is 4.39 Å². The molecular weight excluding hydrogens is 325 g/mol. The molecule has 2 aromatic carbocycles. The lowest BCUT2D eigenvalue weighted by atomic mass is 10.3. The summed E-state index contributed by atoms with van der Waals surface area (Å²) in [6.45, 7) is 0.990. The lowest BCUT2D eigenvalue weighted by Gasteiger charge is -2.11. The molecule has 2 N–H and O–H groups in total. The third kappa shape index (κ3) is 4.13. The zero-order chi connectivity index (χ0) is 14.4. The lowest BCUT2D eigenvalue weighted by molar-refractivity contribution is 0.247. The summed E-state index contributed by atoms with van der Waals surface area (Å²) < 4.78 is 24.6. The molecule has 2 rings (SSSR count). The number of anilines is 1. The predicted octanol–water partition coefficient (Wildman–Crippen LogP) is 4.02. The average Bonchev–Trinajstić information content (AvgIpc) is 2.42. The number of ether oxygens (including phenoxy) is 2. The van der Waals surface area contributed by atoms with Crippen molar-refractivity contribution >= 4 is 21.6 Å². The van der Waals surface area contributed by atoms with Crippen molar-refractivity contribution in [1.29, 1.82) is 0 Å². The predicted molar refractivity (Wildman–Crippen MR) is 80.6 cm³/mol. The number of nitrogens with two attached hydrogens (primary N) is 1. The number of benzene rings is 2. The van der Waals surface area contributed by atoms with Crippen LogP contribution in [0.15, 0.2) is 46.9 Å². The number of nitrogen functional groups attached to an aromatic ring is 1. The van der Waals surface area contributed by atoms with Crippen molar-refractivity contribution in [3.05, 3.63) is 52.8 Å². The fraction of sp³-hybridized carbons (Fsp3) is 0.200. The van der Waals surface area contributed by atoms with Crippen molar-refractivity contribution < 1.29 is 13.9 Å². The van der Waals surface area contributed by atoms with E-state index >= 15 is 0 Å². The van der Waals surface area contributed by atoms with Gasteiger partial charge in [-0.1, -0.05) is 18.2 Å². The first kappa shape index (κ1) is 14.7. The summed E-state index contributed by atoms with van der Waals surface area (Å²) >= 11 is 3.23. The van der Waals surface area contributed by atoms with E-state index in [1.54, 1.807) is 0 Å². The maximum atomic E-state index is 13.1. The highest BCUT2D eigenvalue weighted by Gasteiger charge is 2.08. The van der Waals surface area contributed by atoms with Crippen LogP contribution in [0, 0.1) is 5.82 Å². The first-order valence-corrected chi connectivity index (χ1v) is 7.01. The molecule has 2 aromatic rings. The van der Waals surface area contributed by atoms with E-state index in [1.165, 1.54) is 12.1 Å². The Hall–Kier alpha value is -1.75. The Morgan fingerprint density at radius 3 is 2.45 bits per heavy atom. The second-order valence-electron chi connectivity index (χ2n) is 4.17. The van der Waals surface area contributed by atoms with Gasteiger partial charge in [-0.05, 0) is 34.1 Å². The zero-order valence-corrected chi connectivity index (χ0v) is 12.4. The normalized spacial score (nSPS) is 10.3. The molecule has 0 fully saturated rings. The molecule has 0 aliphatic rings. The van der Waals surface area contributed by atoms with Gasteiger partial charge in [0.2, 0.25) is 0 Å². The topological polar surface area (TPSA) is 44.5 Å². The van der Waals surface area contributed by atoms with Crippen LogP contribution >= 0.6 is 15.9 Å². The van der Waals surface area contributed by atoms with Gasteiger partial charge < -0.3 is 15.2 Å². The smallest absolute Gasteiger partial charge is 0.156 e. The maximum Gasteiger partial charge on any atom is 0.156 e. The summed E-state index contributed by atoms with van der Waals surface area (Å²) in [4.78, 5) is 0. The second-order valence-corrected chi connectivity index (χ2v) is 5.02. The molecule has 0 spiro atoms. The standard InChI is InChI=1S/C15H15BrFNO2/c16-13-9-11(17)10-14(18)15(13)20-8-4-7-19-12-5-2-1-3-6-12/h1-3,5-6,9-10H,4,7-8,18H2. The fourth-order valence-corrected chi connectivity index (χ4v) is 2.23. The molecule has 0 aromatic heterocycles. The van der Waals surface area contributed by atoms with Gasteiger partial charge in [-0.3, -0.25) is 0 Å². The van der Waals surface area contributed by atoms with Crippen LogP contribution in [0.2, 0.25) is 0 Å². The van der Waals surface area contributed by atoms with Crippen molar-refractivity contribution in [1.82, 2.24) is 0 Å². The highest BCUT2D eigenvalue weighted by Crippen LogP contribution is 2.32. The van der Waals surface area contributed by atoms with Gasteiger partial charge in [0.15, 0.2) is 5.75 Å². The van der Waals surface area contributed by atoms with Crippen LogP contribution < -0.4 is 15.2 Å². The average molecular weight is 340 g/mol. The van der Waals surface area contributed by atoms with Gasteiger partial charge in [0.1, 0.15) is 11.6 Å². The molecule has 0 amide bonds. The Balaban J connectivity index is 1.76. The minimum atomic E-state index is -0.394. The fourth-order valence-electron chi connectivity index (χ4n) is 1.67. The first-order chi connectivity index (χ1) is 9.66. The van der Waals surface area contributed by atoms with Crippen LogP contribution in [-0.2, 0) is 0 Å². The number of rotatable bonds is 6. The van der Waals surface area contributed by atoms with Gasteiger partial charge >= 0.3 is 0 Å². The third-order valence-corrected chi connectivity index (χ3v) is 3.17. The van der Waals surface area contributed by atoms with Gasteiger partial charge in [-0.2, -0.15) is 0 Å². The molecule has 0 saturated carbocycles. The van der Waals surface area contributed by atoms with Crippen LogP contribution in [0.4, 0.5) is 10.1 Å². The van der Waals surface area contributed by atoms with E-state index in [2.05, 4.69) is 15.9 Å². The summed E-state index contributed by atoms with van der Waals surface area (Å²) in [7, 11) is 0. The molecule has 20 heavy (non-hydrogen) atoms. The molecule has 106 valence electrons. The van der Waals surface area contributed by atoms with E-state index in [-0.39, 0.29) is 5.69 Å². The van der Waals surface area contributed by atoms with Crippen LogP contribution in [-0.4, -0.2) is 13.2 Å². The van der Waals surface area contributed by atoms with Crippen molar-refractivity contribution in [2.45, 2.75) is 6.42 Å². The summed E-state index contributed by atoms with van der Waals surface area (Å²) in [6.07, 6.45) is 0.706. The Morgan fingerprint density at radius 1 is 1.05 bits per heavy atom. The molecule has 5 heteroatoms. The van der Waals surface area contributed by atoms with E-state index in [0.717, 1.165) is 5.75 Å². The minimum absolute atomic E-state index is 0.279. The second kappa shape index (κ2) is 7.14. The zero-order valence-electron chi connectivity index (χ0n) is 10.8. The van der Waals surface area contributed by atoms with Crippen molar-refractivity contribution in [3.63, 3.8) is 0 Å². The minimum Gasteiger partial charge on any atom is -0.493 e. The molecule has 0 saturated heterocycles. The summed E-state index contributed by atoms with van der Waals surface area (Å²) in [6, 6.07) is 12.1. The van der Waals surface area contributed by atoms with Crippen LogP contribution in [0.25, 0.3) is 0 Å². The highest BCUT2D eigenvalue weighted by molar-refractivity contribution is 9.10.